The summed E-state index contributed by atoms with van der Waals surface area (Å²) in [7, 11) is 0. The summed E-state index contributed by atoms with van der Waals surface area (Å²) < 4.78 is 26.6. The Morgan fingerprint density at radius 1 is 1.21 bits per heavy atom. The van der Waals surface area contributed by atoms with Crippen LogP contribution in [0.15, 0.2) is 71.7 Å². The summed E-state index contributed by atoms with van der Waals surface area (Å²) in [5.41, 5.74) is 0.0321. The zero-order chi connectivity index (χ0) is 17.7. The molecule has 1 aromatic carbocycles. The van der Waals surface area contributed by atoms with E-state index in [2.05, 4.69) is 11.9 Å². The van der Waals surface area contributed by atoms with Crippen molar-refractivity contribution in [2.45, 2.75) is 0 Å². The Morgan fingerprint density at radius 3 is 2.50 bits per heavy atom. The first-order chi connectivity index (χ1) is 11.4. The summed E-state index contributed by atoms with van der Waals surface area (Å²) in [5.74, 6) is -1.03. The number of nitrogens with one attached hydrogen (secondary N) is 1. The summed E-state index contributed by atoms with van der Waals surface area (Å²) in [6, 6.07) is 8.38. The molecule has 0 bridgehead atoms. The van der Waals surface area contributed by atoms with Crippen LogP contribution in [0.1, 0.15) is 0 Å². The van der Waals surface area contributed by atoms with Crippen LogP contribution in [-0.4, -0.2) is 14.6 Å². The van der Waals surface area contributed by atoms with Gasteiger partial charge >= 0.3 is 137 Å². The van der Waals surface area contributed by atoms with Crippen molar-refractivity contribution in [1.82, 2.24) is 4.57 Å². The monoisotopic (exact) mass is 498 g/mol. The molecule has 0 fully saturated rings. The minimum absolute atomic E-state index is 0.0167. The van der Waals surface area contributed by atoms with E-state index in [-0.39, 0.29) is 15.4 Å². The van der Waals surface area contributed by atoms with Gasteiger partial charge in [-0.1, -0.05) is 0 Å². The molecule has 4 nitrogen and oxygen atoms in total. The first-order valence-electron chi connectivity index (χ1n) is 6.74. The Labute approximate surface area is 147 Å². The third-order valence-electron chi connectivity index (χ3n) is 3.01. The van der Waals surface area contributed by atoms with Gasteiger partial charge in [-0.2, -0.15) is 0 Å². The molecule has 0 atom stereocenters. The fourth-order valence-corrected chi connectivity index (χ4v) is 2.08. The van der Waals surface area contributed by atoms with Gasteiger partial charge in [0.15, 0.2) is 0 Å². The molecule has 0 aliphatic rings. The van der Waals surface area contributed by atoms with Gasteiger partial charge in [-0.05, 0) is 0 Å². The number of halogens is 2. The van der Waals surface area contributed by atoms with Crippen molar-refractivity contribution in [3.8, 4) is 5.69 Å². The molecule has 0 aliphatic carbocycles. The van der Waals surface area contributed by atoms with Gasteiger partial charge in [0.1, 0.15) is 5.82 Å². The number of hydrogen-bond acceptors (Lipinski definition) is 2. The number of pyridine rings is 1. The van der Waals surface area contributed by atoms with Crippen LogP contribution in [0.25, 0.3) is 5.69 Å². The second-order valence-corrected chi connectivity index (χ2v) is 6.09. The second-order valence-electron chi connectivity index (χ2n) is 4.69. The number of aromatic nitrogens is 1. The molecule has 0 unspecified atom stereocenters. The fraction of sp³-hybridized carbons (Fsp3) is 0. The van der Waals surface area contributed by atoms with E-state index in [4.69, 9.17) is 0 Å². The normalized spacial score (nSPS) is 10.6. The molecule has 1 aromatic heterocycles. The Morgan fingerprint density at radius 2 is 1.88 bits per heavy atom. The number of anilines is 1. The van der Waals surface area contributed by atoms with Crippen LogP contribution in [0.5, 0.6) is 0 Å². The number of carbonyl (C=O) groups excluding carboxylic acids is 1. The Bertz CT molecular complexity index is 886. The van der Waals surface area contributed by atoms with Gasteiger partial charge in [0, 0.05) is 0 Å². The fourth-order valence-electron chi connectivity index (χ4n) is 1.84. The van der Waals surface area contributed by atoms with Crippen LogP contribution in [0.3, 0.4) is 0 Å². The molecule has 1 heterocycles. The molecular weight excluding hydrogens is 486 g/mol. The second kappa shape index (κ2) is 7.88. The van der Waals surface area contributed by atoms with Gasteiger partial charge in [-0.15, -0.1) is 0 Å². The number of hydrogen-bond donors (Lipinski definition) is 1. The van der Waals surface area contributed by atoms with Crippen LogP contribution in [0.4, 0.5) is 14.5 Å². The van der Waals surface area contributed by atoms with Crippen molar-refractivity contribution >= 4 is 15.7 Å². The van der Waals surface area contributed by atoms with Crippen molar-refractivity contribution in [3.63, 3.8) is 0 Å². The van der Waals surface area contributed by atoms with Crippen molar-refractivity contribution < 1.29 is 32.9 Å². The van der Waals surface area contributed by atoms with Gasteiger partial charge in [0.25, 0.3) is 0 Å². The number of rotatable bonds is 5. The van der Waals surface area contributed by atoms with Gasteiger partial charge in [-0.25, -0.2) is 4.39 Å². The van der Waals surface area contributed by atoms with Crippen LogP contribution in [0, 0.1) is 5.82 Å². The van der Waals surface area contributed by atoms with E-state index in [0.29, 0.717) is 25.0 Å². The predicted molar refractivity (Wildman–Crippen MR) is 85.0 cm³/mol. The zero-order valence-electron chi connectivity index (χ0n) is 12.3. The number of allylic oxidation sites excluding steroid dienone is 1. The molecule has 0 aliphatic heterocycles. The van der Waals surface area contributed by atoms with E-state index in [1.165, 1.54) is 47.2 Å². The molecule has 0 saturated carbocycles. The van der Waals surface area contributed by atoms with Crippen molar-refractivity contribution in [1.29, 1.82) is 0 Å². The summed E-state index contributed by atoms with van der Waals surface area (Å²) in [4.78, 5) is 24.4. The molecule has 0 saturated heterocycles. The molecule has 0 spiro atoms. The summed E-state index contributed by atoms with van der Waals surface area (Å²) in [6.45, 7) is 3.52. The average molecular weight is 498 g/mol. The van der Waals surface area contributed by atoms with Crippen LogP contribution in [0.2, 0.25) is 0 Å². The molecule has 0 radical (unpaired) electrons. The van der Waals surface area contributed by atoms with Crippen LogP contribution >= 0.6 is 0 Å². The number of amides is 1. The van der Waals surface area contributed by atoms with E-state index in [0.717, 1.165) is 6.08 Å². The topological polar surface area (TPSA) is 51.1 Å². The average Bonchev–Trinajstić information content (AvgIpc) is 2.55. The van der Waals surface area contributed by atoms with Crippen molar-refractivity contribution in [2.75, 3.05) is 5.32 Å². The molecule has 24 heavy (non-hydrogen) atoms. The van der Waals surface area contributed by atoms with Crippen LogP contribution < -0.4 is 10.9 Å². The maximum absolute atomic E-state index is 13.0. The first kappa shape index (κ1) is 17.9. The molecule has 1 amide bonds. The number of benzene rings is 1. The minimum atomic E-state index is -0.614. The molecule has 122 valence electrons. The van der Waals surface area contributed by atoms with Gasteiger partial charge in [0.2, 0.25) is 0 Å². The van der Waals surface area contributed by atoms with E-state index < -0.39 is 17.3 Å². The Hall–Kier alpha value is -2.46. The standard InChI is InChI=1S/C17H12F2N2O2.W/c1-12(4-2-10-18)16(22)20-15-5-3-11-21(17(15)23)14-8-6-13(19)7-9-14;/h2-9,11H,1H2,(H,20,22);. The van der Waals surface area contributed by atoms with Gasteiger partial charge in [-0.3, -0.25) is 0 Å². The number of nitrogens with zero attached hydrogens (tertiary/aromatic N) is 1. The molecular formula is C17H12F2N2O2W. The SMILES string of the molecule is C=C(C=C[C](F)=[W])C(=O)Nc1cccn(-c2ccc(F)cc2)c1=O. The molecule has 1 N–H and O–H groups in total. The predicted octanol–water partition coefficient (Wildman–Crippen LogP) is 2.67. The Balaban J connectivity index is 2.26. The first-order valence-corrected chi connectivity index (χ1v) is 8.20. The third kappa shape index (κ3) is 4.52. The Kier molecular flexibility index (Phi) is 5.87. The number of carbonyl (C=O) groups is 1. The van der Waals surface area contributed by atoms with E-state index in [9.17, 15) is 18.4 Å². The maximum atomic E-state index is 13.0. The van der Waals surface area contributed by atoms with E-state index >= 15 is 0 Å². The summed E-state index contributed by atoms with van der Waals surface area (Å²) >= 11 is 0.639. The molecule has 2 aromatic rings. The zero-order valence-corrected chi connectivity index (χ0v) is 15.3. The summed E-state index contributed by atoms with van der Waals surface area (Å²) in [5, 5.41) is 2.43. The third-order valence-corrected chi connectivity index (χ3v) is 3.50. The van der Waals surface area contributed by atoms with E-state index in [1.54, 1.807) is 6.07 Å². The van der Waals surface area contributed by atoms with Crippen molar-refractivity contribution in [3.05, 3.63) is 83.1 Å². The van der Waals surface area contributed by atoms with Gasteiger partial charge in [0.05, 0.1) is 0 Å². The van der Waals surface area contributed by atoms with Crippen LogP contribution in [-0.2, 0) is 24.1 Å². The van der Waals surface area contributed by atoms with E-state index in [1.807, 2.05) is 0 Å². The van der Waals surface area contributed by atoms with Gasteiger partial charge < -0.3 is 0 Å². The summed E-state index contributed by atoms with van der Waals surface area (Å²) in [6.07, 6.45) is 3.88. The van der Waals surface area contributed by atoms with Crippen molar-refractivity contribution in [2.24, 2.45) is 0 Å². The molecule has 2 rings (SSSR count). The quantitative estimate of drug-likeness (QED) is 0.510. The molecule has 7 heteroatoms.